The molecule has 1 N–H and O–H groups in total. The first-order chi connectivity index (χ1) is 14.8. The van der Waals surface area contributed by atoms with Gasteiger partial charge in [-0.1, -0.05) is 24.8 Å². The molecule has 0 bridgehead atoms. The molecule has 3 aromatic rings. The lowest BCUT2D eigenvalue weighted by Gasteiger charge is -2.33. The highest BCUT2D eigenvalue weighted by molar-refractivity contribution is 5.98. The molecule has 32 heavy (non-hydrogen) atoms. The van der Waals surface area contributed by atoms with Gasteiger partial charge in [0, 0.05) is 23.7 Å². The lowest BCUT2D eigenvalue weighted by molar-refractivity contribution is -0.274. The molecule has 1 aromatic heterocycles. The molecule has 3 rings (SSSR count). The monoisotopic (exact) mass is 447 g/mol. The van der Waals surface area contributed by atoms with Gasteiger partial charge in [-0.15, -0.1) is 13.2 Å². The summed E-state index contributed by atoms with van der Waals surface area (Å²) in [5.41, 5.74) is 3.48. The Bertz CT molecular complexity index is 1160. The minimum absolute atomic E-state index is 0.101. The topological polar surface area (TPSA) is 67.6 Å². The first-order valence-electron chi connectivity index (χ1n) is 9.78. The number of ether oxygens (including phenoxy) is 1. The van der Waals surface area contributed by atoms with Crippen molar-refractivity contribution >= 4 is 23.2 Å². The van der Waals surface area contributed by atoms with Gasteiger partial charge >= 0.3 is 12.5 Å². The van der Waals surface area contributed by atoms with Gasteiger partial charge in [0.1, 0.15) is 5.75 Å². The van der Waals surface area contributed by atoms with Crippen LogP contribution in [0.1, 0.15) is 31.9 Å². The van der Waals surface area contributed by atoms with Crippen LogP contribution in [0.4, 0.5) is 18.0 Å². The second-order valence-electron chi connectivity index (χ2n) is 8.37. The molecule has 0 aliphatic heterocycles. The highest BCUT2D eigenvalue weighted by Crippen LogP contribution is 2.35. The molecule has 9 heteroatoms. The Labute approximate surface area is 183 Å². The summed E-state index contributed by atoms with van der Waals surface area (Å²) in [6.07, 6.45) is -2.55. The van der Waals surface area contributed by atoms with Crippen LogP contribution < -0.4 is 4.74 Å². The Kier molecular flexibility index (Phi) is 5.95. The maximum absolute atomic E-state index is 12.5. The third-order valence-corrected chi connectivity index (χ3v) is 5.08. The molecule has 0 unspecified atom stereocenters. The molecule has 0 radical (unpaired) electrons. The second-order valence-corrected chi connectivity index (χ2v) is 8.37. The number of alkyl halides is 3. The van der Waals surface area contributed by atoms with Gasteiger partial charge in [-0.25, -0.2) is 9.78 Å². The molecule has 0 atom stereocenters. The molecular formula is C23H24F3N3O3. The third-order valence-electron chi connectivity index (χ3n) is 5.08. The summed E-state index contributed by atoms with van der Waals surface area (Å²) in [7, 11) is 1.81. The van der Waals surface area contributed by atoms with Crippen molar-refractivity contribution in [2.45, 2.75) is 39.2 Å². The zero-order valence-corrected chi connectivity index (χ0v) is 18.2. The fraction of sp³-hybridized carbons (Fsp3) is 0.304. The Morgan fingerprint density at radius 3 is 2.38 bits per heavy atom. The van der Waals surface area contributed by atoms with E-state index in [-0.39, 0.29) is 12.3 Å². The van der Waals surface area contributed by atoms with Crippen LogP contribution in [0, 0.1) is 0 Å². The van der Waals surface area contributed by atoms with Crippen molar-refractivity contribution in [1.82, 2.24) is 14.5 Å². The lowest BCUT2D eigenvalue weighted by atomic mass is 9.95. The minimum atomic E-state index is -4.78. The van der Waals surface area contributed by atoms with Gasteiger partial charge in [-0.05, 0) is 50.1 Å². The quantitative estimate of drug-likeness (QED) is 0.516. The van der Waals surface area contributed by atoms with Gasteiger partial charge in [0.15, 0.2) is 0 Å². The number of nitrogens with zero attached hydrogens (tertiary/aromatic N) is 3. The molecule has 0 saturated heterocycles. The number of hydrogen-bond donors (Lipinski definition) is 1. The first kappa shape index (κ1) is 23.2. The highest BCUT2D eigenvalue weighted by Gasteiger charge is 2.31. The van der Waals surface area contributed by atoms with Crippen LogP contribution >= 0.6 is 0 Å². The molecule has 0 aliphatic carbocycles. The lowest BCUT2D eigenvalue weighted by Crippen LogP contribution is -2.44. The molecule has 1 amide bonds. The number of rotatable bonds is 5. The molecule has 0 fully saturated rings. The van der Waals surface area contributed by atoms with Crippen molar-refractivity contribution in [3.8, 4) is 16.9 Å². The smallest absolute Gasteiger partial charge is 0.465 e. The standard InChI is InChI=1S/C23H24F3N3O3/c1-6-17-15(12-29(21(30)31)22(2,3)4)11-18(19-20(17)28(5)13-27-19)14-7-9-16(10-8-14)32-23(24,25)26/h6-11,13H,1,12H2,2-5H3,(H,30,31). The summed E-state index contributed by atoms with van der Waals surface area (Å²) in [6, 6.07) is 7.31. The van der Waals surface area contributed by atoms with Gasteiger partial charge in [-0.2, -0.15) is 0 Å². The summed E-state index contributed by atoms with van der Waals surface area (Å²) >= 11 is 0. The van der Waals surface area contributed by atoms with Crippen molar-refractivity contribution in [2.75, 3.05) is 0 Å². The van der Waals surface area contributed by atoms with E-state index in [0.717, 1.165) is 11.1 Å². The van der Waals surface area contributed by atoms with Crippen LogP contribution in [0.15, 0.2) is 43.2 Å². The van der Waals surface area contributed by atoms with E-state index in [0.29, 0.717) is 22.2 Å². The van der Waals surface area contributed by atoms with E-state index in [2.05, 4.69) is 16.3 Å². The number of aryl methyl sites for hydroxylation is 1. The van der Waals surface area contributed by atoms with E-state index in [9.17, 15) is 23.1 Å². The van der Waals surface area contributed by atoms with E-state index in [4.69, 9.17) is 0 Å². The van der Waals surface area contributed by atoms with Gasteiger partial charge in [0.2, 0.25) is 0 Å². The molecule has 0 spiro atoms. The van der Waals surface area contributed by atoms with E-state index < -0.39 is 18.0 Å². The van der Waals surface area contributed by atoms with Crippen molar-refractivity contribution in [1.29, 1.82) is 0 Å². The SMILES string of the molecule is C=Cc1c(CN(C(=O)O)C(C)(C)C)cc(-c2ccc(OC(F)(F)F)cc2)c2ncn(C)c12. The number of carboxylic acid groups (broad SMARTS) is 1. The Balaban J connectivity index is 2.17. The summed E-state index contributed by atoms with van der Waals surface area (Å²) in [5, 5.41) is 9.75. The number of fused-ring (bicyclic) bond motifs is 1. The number of carbonyl (C=O) groups is 1. The molecule has 0 aliphatic rings. The molecule has 2 aromatic carbocycles. The van der Waals surface area contributed by atoms with E-state index in [1.807, 2.05) is 17.7 Å². The maximum atomic E-state index is 12.5. The van der Waals surface area contributed by atoms with Gasteiger partial charge in [0.25, 0.3) is 0 Å². The number of benzene rings is 2. The van der Waals surface area contributed by atoms with Crippen molar-refractivity contribution < 1.29 is 27.8 Å². The average molecular weight is 447 g/mol. The van der Waals surface area contributed by atoms with Crippen LogP contribution in [-0.2, 0) is 13.6 Å². The van der Waals surface area contributed by atoms with Crippen molar-refractivity contribution in [2.24, 2.45) is 7.05 Å². The first-order valence-corrected chi connectivity index (χ1v) is 9.78. The number of amides is 1. The number of aromatic nitrogens is 2. The van der Waals surface area contributed by atoms with Gasteiger partial charge < -0.3 is 14.4 Å². The highest BCUT2D eigenvalue weighted by atomic mass is 19.4. The fourth-order valence-corrected chi connectivity index (χ4v) is 3.59. The van der Waals surface area contributed by atoms with Crippen LogP contribution in [0.25, 0.3) is 28.2 Å². The Hall–Kier alpha value is -3.49. The van der Waals surface area contributed by atoms with Gasteiger partial charge in [-0.3, -0.25) is 4.90 Å². The molecule has 1 heterocycles. The van der Waals surface area contributed by atoms with Crippen LogP contribution in [0.3, 0.4) is 0 Å². The van der Waals surface area contributed by atoms with Crippen LogP contribution in [0.5, 0.6) is 5.75 Å². The third kappa shape index (κ3) is 4.71. The number of halogens is 3. The van der Waals surface area contributed by atoms with Crippen molar-refractivity contribution in [3.05, 3.63) is 54.4 Å². The number of hydrogen-bond acceptors (Lipinski definition) is 3. The summed E-state index contributed by atoms with van der Waals surface area (Å²) in [4.78, 5) is 17.7. The van der Waals surface area contributed by atoms with Gasteiger partial charge in [0.05, 0.1) is 23.9 Å². The predicted octanol–water partition coefficient (Wildman–Crippen LogP) is 6.06. The molecular weight excluding hydrogens is 423 g/mol. The fourth-order valence-electron chi connectivity index (χ4n) is 3.59. The van der Waals surface area contributed by atoms with Crippen LogP contribution in [-0.4, -0.2) is 37.6 Å². The molecule has 170 valence electrons. The number of imidazole rings is 1. The summed E-state index contributed by atoms with van der Waals surface area (Å²) < 4.78 is 43.3. The second kappa shape index (κ2) is 8.22. The summed E-state index contributed by atoms with van der Waals surface area (Å²) in [5.74, 6) is -0.328. The normalized spacial score (nSPS) is 12.1. The zero-order chi connectivity index (χ0) is 23.8. The zero-order valence-electron chi connectivity index (χ0n) is 18.2. The molecule has 0 saturated carbocycles. The van der Waals surface area contributed by atoms with E-state index >= 15 is 0 Å². The van der Waals surface area contributed by atoms with Crippen molar-refractivity contribution in [3.63, 3.8) is 0 Å². The van der Waals surface area contributed by atoms with E-state index in [1.54, 1.807) is 33.2 Å². The minimum Gasteiger partial charge on any atom is -0.465 e. The average Bonchev–Trinajstić information content (AvgIpc) is 3.05. The largest absolute Gasteiger partial charge is 0.573 e. The predicted molar refractivity (Wildman–Crippen MR) is 116 cm³/mol. The van der Waals surface area contributed by atoms with E-state index in [1.165, 1.54) is 29.2 Å². The Morgan fingerprint density at radius 1 is 1.25 bits per heavy atom. The Morgan fingerprint density at radius 2 is 1.88 bits per heavy atom. The summed E-state index contributed by atoms with van der Waals surface area (Å²) in [6.45, 7) is 9.40. The molecule has 6 nitrogen and oxygen atoms in total. The maximum Gasteiger partial charge on any atom is 0.573 e. The van der Waals surface area contributed by atoms with Crippen LogP contribution in [0.2, 0.25) is 0 Å².